The molecule has 190 valence electrons. The average Bonchev–Trinajstić information content (AvgIpc) is 2.88. The molecule has 0 aliphatic carbocycles. The van der Waals surface area contributed by atoms with Gasteiger partial charge in [-0.1, -0.05) is 71.7 Å². The molecule has 0 bridgehead atoms. The van der Waals surface area contributed by atoms with Crippen LogP contribution in [0.2, 0.25) is 10.0 Å². The van der Waals surface area contributed by atoms with Crippen LogP contribution in [0.1, 0.15) is 38.3 Å². The molecule has 3 aromatic carbocycles. The van der Waals surface area contributed by atoms with E-state index in [0.717, 1.165) is 16.7 Å². The number of halogens is 3. The first-order valence-electron chi connectivity index (χ1n) is 11.5. The Kier molecular flexibility index (Phi) is 8.26. The number of amides is 2. The molecule has 37 heavy (non-hydrogen) atoms. The topological polar surface area (TPSA) is 86.7 Å². The van der Waals surface area contributed by atoms with Crippen LogP contribution in [0, 0.1) is 5.82 Å². The summed E-state index contributed by atoms with van der Waals surface area (Å²) in [6.07, 6.45) is 2.60. The van der Waals surface area contributed by atoms with Crippen LogP contribution >= 0.6 is 23.2 Å². The van der Waals surface area contributed by atoms with Gasteiger partial charge in [0.2, 0.25) is 0 Å². The van der Waals surface area contributed by atoms with Gasteiger partial charge >= 0.3 is 5.97 Å². The Balaban J connectivity index is 1.40. The van der Waals surface area contributed by atoms with E-state index in [1.54, 1.807) is 35.2 Å². The van der Waals surface area contributed by atoms with Gasteiger partial charge in [-0.25, -0.2) is 9.18 Å². The molecule has 1 atom stereocenters. The van der Waals surface area contributed by atoms with Gasteiger partial charge < -0.3 is 15.3 Å². The van der Waals surface area contributed by atoms with Gasteiger partial charge in [-0.15, -0.1) is 0 Å². The van der Waals surface area contributed by atoms with Crippen LogP contribution < -0.4 is 5.32 Å². The highest BCUT2D eigenvalue weighted by molar-refractivity contribution is 6.39. The van der Waals surface area contributed by atoms with Gasteiger partial charge in [-0.2, -0.15) is 0 Å². The van der Waals surface area contributed by atoms with Gasteiger partial charge in [0.1, 0.15) is 11.9 Å². The van der Waals surface area contributed by atoms with Crippen molar-refractivity contribution in [1.29, 1.82) is 0 Å². The summed E-state index contributed by atoms with van der Waals surface area (Å²) in [7, 11) is 0. The van der Waals surface area contributed by atoms with Crippen molar-refractivity contribution in [2.24, 2.45) is 0 Å². The molecule has 2 N–H and O–H groups in total. The normalized spacial score (nSPS) is 14.0. The molecule has 1 heterocycles. The molecule has 0 unspecified atom stereocenters. The third-order valence-electron chi connectivity index (χ3n) is 6.16. The number of nitrogens with one attached hydrogen (secondary N) is 1. The first-order valence-corrected chi connectivity index (χ1v) is 12.3. The Morgan fingerprint density at radius 2 is 1.65 bits per heavy atom. The largest absolute Gasteiger partial charge is 0.480 e. The Morgan fingerprint density at radius 1 is 0.973 bits per heavy atom. The fourth-order valence-corrected chi connectivity index (χ4v) is 4.73. The number of hydrogen-bond acceptors (Lipinski definition) is 3. The summed E-state index contributed by atoms with van der Waals surface area (Å²) in [4.78, 5) is 38.7. The molecular formula is C28H23Cl2FN2O4. The molecule has 0 saturated carbocycles. The lowest BCUT2D eigenvalue weighted by atomic mass is 9.96. The molecule has 1 aliphatic heterocycles. The zero-order valence-electron chi connectivity index (χ0n) is 19.6. The Labute approximate surface area is 223 Å². The molecule has 0 spiro atoms. The molecule has 1 aliphatic rings. The standard InChI is InChI=1S/C28H23Cl2FN2O4/c29-21-5-3-6-22(30)25(21)26(34)32-24(28(36)37)16-17-8-10-18(11-9-17)19-12-14-33(15-13-19)27(35)20-4-1-2-7-23(20)31/h1-12,24H,13-16H2,(H,32,34)(H,36,37)/t24-/m0/s1. The summed E-state index contributed by atoms with van der Waals surface area (Å²) in [5, 5.41) is 12.4. The highest BCUT2D eigenvalue weighted by atomic mass is 35.5. The minimum atomic E-state index is -1.18. The highest BCUT2D eigenvalue weighted by Gasteiger charge is 2.24. The molecule has 0 saturated heterocycles. The Morgan fingerprint density at radius 3 is 2.24 bits per heavy atom. The van der Waals surface area contributed by atoms with Crippen LogP contribution in [0.25, 0.3) is 5.57 Å². The van der Waals surface area contributed by atoms with E-state index in [1.165, 1.54) is 24.3 Å². The van der Waals surface area contributed by atoms with Crippen molar-refractivity contribution in [3.8, 4) is 0 Å². The smallest absolute Gasteiger partial charge is 0.326 e. The van der Waals surface area contributed by atoms with E-state index in [-0.39, 0.29) is 33.5 Å². The van der Waals surface area contributed by atoms with Crippen molar-refractivity contribution in [2.45, 2.75) is 18.9 Å². The van der Waals surface area contributed by atoms with Crippen LogP contribution in [0.3, 0.4) is 0 Å². The van der Waals surface area contributed by atoms with Gasteiger partial charge in [0, 0.05) is 19.5 Å². The van der Waals surface area contributed by atoms with Crippen molar-refractivity contribution >= 4 is 46.6 Å². The number of carboxylic acids is 1. The van der Waals surface area contributed by atoms with E-state index in [1.807, 2.05) is 18.2 Å². The first-order chi connectivity index (χ1) is 17.7. The number of rotatable bonds is 7. The van der Waals surface area contributed by atoms with Gasteiger partial charge in [0.25, 0.3) is 11.8 Å². The highest BCUT2D eigenvalue weighted by Crippen LogP contribution is 2.26. The van der Waals surface area contributed by atoms with Crippen molar-refractivity contribution in [3.63, 3.8) is 0 Å². The second-order valence-corrected chi connectivity index (χ2v) is 9.39. The maximum Gasteiger partial charge on any atom is 0.326 e. The quantitative estimate of drug-likeness (QED) is 0.415. The molecule has 4 rings (SSSR count). The summed E-state index contributed by atoms with van der Waals surface area (Å²) in [5.74, 6) is -2.73. The minimum absolute atomic E-state index is 0.0270. The summed E-state index contributed by atoms with van der Waals surface area (Å²) in [5.41, 5.74) is 2.79. The first kappa shape index (κ1) is 26.4. The number of carbonyl (C=O) groups excluding carboxylic acids is 2. The third kappa shape index (κ3) is 6.18. The maximum absolute atomic E-state index is 14.0. The number of nitrogens with zero attached hydrogens (tertiary/aromatic N) is 1. The summed E-state index contributed by atoms with van der Waals surface area (Å²) < 4.78 is 14.0. The molecule has 0 aromatic heterocycles. The zero-order valence-corrected chi connectivity index (χ0v) is 21.1. The number of aliphatic carboxylic acids is 1. The second kappa shape index (κ2) is 11.6. The van der Waals surface area contributed by atoms with Gasteiger partial charge in [0.15, 0.2) is 0 Å². The molecule has 6 nitrogen and oxygen atoms in total. The van der Waals surface area contributed by atoms with Crippen LogP contribution in [0.5, 0.6) is 0 Å². The molecule has 0 radical (unpaired) electrons. The number of carboxylic acid groups (broad SMARTS) is 1. The number of hydrogen-bond donors (Lipinski definition) is 2. The maximum atomic E-state index is 14.0. The van der Waals surface area contributed by atoms with Crippen molar-refractivity contribution in [2.75, 3.05) is 13.1 Å². The molecule has 3 aromatic rings. The fraction of sp³-hybridized carbons (Fsp3) is 0.179. The summed E-state index contributed by atoms with van der Waals surface area (Å²) in [6, 6.07) is 16.7. The molecular weight excluding hydrogens is 518 g/mol. The number of carbonyl (C=O) groups is 3. The average molecular weight is 541 g/mol. The number of benzene rings is 3. The second-order valence-electron chi connectivity index (χ2n) is 8.57. The monoisotopic (exact) mass is 540 g/mol. The van der Waals surface area contributed by atoms with Crippen molar-refractivity contribution in [3.05, 3.63) is 111 Å². The van der Waals surface area contributed by atoms with E-state index >= 15 is 0 Å². The molecule has 0 fully saturated rings. The van der Waals surface area contributed by atoms with Crippen LogP contribution in [-0.2, 0) is 11.2 Å². The summed E-state index contributed by atoms with van der Waals surface area (Å²) in [6.45, 7) is 0.820. The Hall–Kier alpha value is -3.68. The lowest BCUT2D eigenvalue weighted by molar-refractivity contribution is -0.139. The van der Waals surface area contributed by atoms with Crippen molar-refractivity contribution in [1.82, 2.24) is 10.2 Å². The van der Waals surface area contributed by atoms with Gasteiger partial charge in [-0.05, 0) is 47.4 Å². The summed E-state index contributed by atoms with van der Waals surface area (Å²) >= 11 is 12.1. The van der Waals surface area contributed by atoms with E-state index in [4.69, 9.17) is 23.2 Å². The van der Waals surface area contributed by atoms with E-state index in [9.17, 15) is 23.9 Å². The predicted molar refractivity (Wildman–Crippen MR) is 140 cm³/mol. The lowest BCUT2D eigenvalue weighted by Crippen LogP contribution is -2.42. The molecule has 2 amide bonds. The van der Waals surface area contributed by atoms with Crippen molar-refractivity contribution < 1.29 is 23.9 Å². The fourth-order valence-electron chi connectivity index (χ4n) is 4.16. The molecule has 9 heteroatoms. The van der Waals surface area contributed by atoms with Crippen LogP contribution in [0.4, 0.5) is 4.39 Å². The van der Waals surface area contributed by atoms with Gasteiger partial charge in [-0.3, -0.25) is 9.59 Å². The zero-order chi connectivity index (χ0) is 26.5. The minimum Gasteiger partial charge on any atom is -0.480 e. The van der Waals surface area contributed by atoms with E-state index in [0.29, 0.717) is 19.5 Å². The predicted octanol–water partition coefficient (Wildman–Crippen LogP) is 5.49. The van der Waals surface area contributed by atoms with Crippen LogP contribution in [-0.4, -0.2) is 46.9 Å². The Bertz CT molecular complexity index is 1350. The van der Waals surface area contributed by atoms with Gasteiger partial charge in [0.05, 0.1) is 21.2 Å². The van der Waals surface area contributed by atoms with E-state index in [2.05, 4.69) is 5.32 Å². The van der Waals surface area contributed by atoms with E-state index < -0.39 is 23.7 Å². The SMILES string of the molecule is O=C(N[C@@H](Cc1ccc(C2=CCN(C(=O)c3ccccc3F)CC2)cc1)C(=O)O)c1c(Cl)cccc1Cl. The third-order valence-corrected chi connectivity index (χ3v) is 6.79. The lowest BCUT2D eigenvalue weighted by Gasteiger charge is -2.27. The van der Waals surface area contributed by atoms with Crippen LogP contribution in [0.15, 0.2) is 72.8 Å².